The first kappa shape index (κ1) is 17.3. The molecule has 0 fully saturated rings. The number of aromatic nitrogens is 2. The van der Waals surface area contributed by atoms with Crippen molar-refractivity contribution in [1.82, 2.24) is 10.2 Å². The van der Waals surface area contributed by atoms with Gasteiger partial charge in [-0.2, -0.15) is 0 Å². The van der Waals surface area contributed by atoms with Crippen LogP contribution in [0.3, 0.4) is 0 Å². The van der Waals surface area contributed by atoms with Crippen molar-refractivity contribution in [2.24, 2.45) is 0 Å². The maximum Gasteiger partial charge on any atom is 0.413 e. The highest BCUT2D eigenvalue weighted by molar-refractivity contribution is 5.87. The number of benzene rings is 2. The molecule has 2 aromatic carbocycles. The van der Waals surface area contributed by atoms with Crippen molar-refractivity contribution in [2.45, 2.75) is 0 Å². The standard InChI is InChI=1S/C19H17FN4O2/c1-24(19(25)26-2)16-9-7-15(8-10-16)21-18-12-11-17(22-23-18)13-3-5-14(20)6-4-13/h3-12H,1-2H3,(H,21,23). The van der Waals surface area contributed by atoms with Gasteiger partial charge in [0, 0.05) is 24.0 Å². The summed E-state index contributed by atoms with van der Waals surface area (Å²) >= 11 is 0. The van der Waals surface area contributed by atoms with Gasteiger partial charge in [-0.1, -0.05) is 0 Å². The number of hydrogen-bond donors (Lipinski definition) is 1. The molecule has 1 aromatic heterocycles. The van der Waals surface area contributed by atoms with Crippen LogP contribution in [-0.2, 0) is 4.74 Å². The number of amides is 1. The van der Waals surface area contributed by atoms with Crippen molar-refractivity contribution in [3.05, 3.63) is 66.5 Å². The molecular formula is C19H17FN4O2. The van der Waals surface area contributed by atoms with Gasteiger partial charge in [0.2, 0.25) is 0 Å². The van der Waals surface area contributed by atoms with Gasteiger partial charge >= 0.3 is 6.09 Å². The minimum Gasteiger partial charge on any atom is -0.452 e. The maximum absolute atomic E-state index is 13.0. The molecule has 0 radical (unpaired) electrons. The van der Waals surface area contributed by atoms with E-state index >= 15 is 0 Å². The topological polar surface area (TPSA) is 67.3 Å². The van der Waals surface area contributed by atoms with Gasteiger partial charge in [-0.05, 0) is 60.7 Å². The van der Waals surface area contributed by atoms with E-state index in [0.29, 0.717) is 17.2 Å². The highest BCUT2D eigenvalue weighted by Crippen LogP contribution is 2.21. The van der Waals surface area contributed by atoms with Gasteiger partial charge in [0.25, 0.3) is 0 Å². The van der Waals surface area contributed by atoms with Gasteiger partial charge in [0.1, 0.15) is 5.82 Å². The summed E-state index contributed by atoms with van der Waals surface area (Å²) in [7, 11) is 2.97. The molecule has 26 heavy (non-hydrogen) atoms. The molecule has 3 rings (SSSR count). The molecule has 0 aliphatic rings. The van der Waals surface area contributed by atoms with E-state index < -0.39 is 6.09 Å². The summed E-state index contributed by atoms with van der Waals surface area (Å²) < 4.78 is 17.7. The summed E-state index contributed by atoms with van der Waals surface area (Å²) in [6.45, 7) is 0. The van der Waals surface area contributed by atoms with Gasteiger partial charge in [-0.3, -0.25) is 4.90 Å². The van der Waals surface area contributed by atoms with Crippen molar-refractivity contribution in [3.63, 3.8) is 0 Å². The van der Waals surface area contributed by atoms with Crippen LogP contribution >= 0.6 is 0 Å². The normalized spacial score (nSPS) is 10.3. The molecule has 3 aromatic rings. The Bertz CT molecular complexity index is 881. The van der Waals surface area contributed by atoms with E-state index in [9.17, 15) is 9.18 Å². The van der Waals surface area contributed by atoms with Gasteiger partial charge in [0.15, 0.2) is 5.82 Å². The summed E-state index contributed by atoms with van der Waals surface area (Å²) in [5.74, 6) is 0.284. The van der Waals surface area contributed by atoms with Gasteiger partial charge in [0.05, 0.1) is 12.8 Å². The zero-order valence-corrected chi connectivity index (χ0v) is 14.3. The number of nitrogens with zero attached hydrogens (tertiary/aromatic N) is 3. The molecule has 6 nitrogen and oxygen atoms in total. The molecule has 0 spiro atoms. The molecule has 1 heterocycles. The lowest BCUT2D eigenvalue weighted by molar-refractivity contribution is 0.180. The van der Waals surface area contributed by atoms with Crippen molar-refractivity contribution in [2.75, 3.05) is 24.4 Å². The Labute approximate surface area is 150 Å². The third-order valence-electron chi connectivity index (χ3n) is 3.78. The Morgan fingerprint density at radius 1 is 1.00 bits per heavy atom. The SMILES string of the molecule is COC(=O)N(C)c1ccc(Nc2ccc(-c3ccc(F)cc3)nn2)cc1. The average molecular weight is 352 g/mol. The Morgan fingerprint density at radius 2 is 1.69 bits per heavy atom. The highest BCUT2D eigenvalue weighted by atomic mass is 19.1. The lowest BCUT2D eigenvalue weighted by Crippen LogP contribution is -2.25. The Morgan fingerprint density at radius 3 is 2.27 bits per heavy atom. The summed E-state index contributed by atoms with van der Waals surface area (Å²) in [6.07, 6.45) is -0.437. The molecule has 132 valence electrons. The zero-order chi connectivity index (χ0) is 18.5. The summed E-state index contributed by atoms with van der Waals surface area (Å²) in [5, 5.41) is 11.4. The van der Waals surface area contributed by atoms with E-state index in [-0.39, 0.29) is 5.82 Å². The fourth-order valence-corrected chi connectivity index (χ4v) is 2.33. The Kier molecular flexibility index (Phi) is 5.07. The number of halogens is 1. The van der Waals surface area contributed by atoms with Crippen molar-refractivity contribution in [3.8, 4) is 11.3 Å². The molecule has 0 saturated carbocycles. The zero-order valence-electron chi connectivity index (χ0n) is 14.3. The van der Waals surface area contributed by atoms with Crippen LogP contribution in [-0.4, -0.2) is 30.4 Å². The molecule has 7 heteroatoms. The van der Waals surface area contributed by atoms with Crippen LogP contribution in [0.15, 0.2) is 60.7 Å². The lowest BCUT2D eigenvalue weighted by Gasteiger charge is -2.16. The number of hydrogen-bond acceptors (Lipinski definition) is 5. The van der Waals surface area contributed by atoms with Gasteiger partial charge in [-0.15, -0.1) is 10.2 Å². The predicted molar refractivity (Wildman–Crippen MR) is 98.0 cm³/mol. The predicted octanol–water partition coefficient (Wildman–Crippen LogP) is 4.23. The van der Waals surface area contributed by atoms with E-state index in [2.05, 4.69) is 20.3 Å². The van der Waals surface area contributed by atoms with Crippen LogP contribution in [0.5, 0.6) is 0 Å². The van der Waals surface area contributed by atoms with Crippen LogP contribution < -0.4 is 10.2 Å². The minimum absolute atomic E-state index is 0.290. The monoisotopic (exact) mass is 352 g/mol. The van der Waals surface area contributed by atoms with Crippen LogP contribution in [0.2, 0.25) is 0 Å². The first-order valence-electron chi connectivity index (χ1n) is 7.85. The summed E-state index contributed by atoms with van der Waals surface area (Å²) in [5.41, 5.74) is 2.96. The number of carbonyl (C=O) groups is 1. The van der Waals surface area contributed by atoms with Crippen LogP contribution in [0.4, 0.5) is 26.4 Å². The number of methoxy groups -OCH3 is 1. The number of carbonyl (C=O) groups excluding carboxylic acids is 1. The molecule has 0 saturated heterocycles. The number of nitrogens with one attached hydrogen (secondary N) is 1. The van der Waals surface area contributed by atoms with E-state index in [1.807, 2.05) is 18.2 Å². The second kappa shape index (κ2) is 7.60. The number of rotatable bonds is 4. The third kappa shape index (κ3) is 3.94. The Balaban J connectivity index is 1.69. The Hall–Kier alpha value is -3.48. The summed E-state index contributed by atoms with van der Waals surface area (Å²) in [4.78, 5) is 12.9. The fraction of sp³-hybridized carbons (Fsp3) is 0.105. The van der Waals surface area contributed by atoms with E-state index in [4.69, 9.17) is 0 Å². The molecular weight excluding hydrogens is 335 g/mol. The molecule has 0 unspecified atom stereocenters. The van der Waals surface area contributed by atoms with Crippen LogP contribution in [0, 0.1) is 5.82 Å². The number of ether oxygens (including phenoxy) is 1. The smallest absolute Gasteiger partial charge is 0.413 e. The highest BCUT2D eigenvalue weighted by Gasteiger charge is 2.10. The molecule has 1 N–H and O–H groups in total. The quantitative estimate of drug-likeness (QED) is 0.761. The van der Waals surface area contributed by atoms with E-state index in [1.54, 1.807) is 37.4 Å². The van der Waals surface area contributed by atoms with Gasteiger partial charge in [-0.25, -0.2) is 9.18 Å². The van der Waals surface area contributed by atoms with E-state index in [0.717, 1.165) is 11.3 Å². The van der Waals surface area contributed by atoms with Gasteiger partial charge < -0.3 is 10.1 Å². The van der Waals surface area contributed by atoms with Crippen molar-refractivity contribution in [1.29, 1.82) is 0 Å². The minimum atomic E-state index is -0.437. The largest absolute Gasteiger partial charge is 0.452 e. The second-order valence-electron chi connectivity index (χ2n) is 5.51. The summed E-state index contributed by atoms with van der Waals surface area (Å²) in [6, 6.07) is 16.9. The molecule has 0 atom stereocenters. The fourth-order valence-electron chi connectivity index (χ4n) is 2.33. The first-order valence-corrected chi connectivity index (χ1v) is 7.85. The van der Waals surface area contributed by atoms with Crippen LogP contribution in [0.25, 0.3) is 11.3 Å². The third-order valence-corrected chi connectivity index (χ3v) is 3.78. The lowest BCUT2D eigenvalue weighted by atomic mass is 10.1. The van der Waals surface area contributed by atoms with Crippen LogP contribution in [0.1, 0.15) is 0 Å². The molecule has 0 aliphatic carbocycles. The van der Waals surface area contributed by atoms with Crippen molar-refractivity contribution < 1.29 is 13.9 Å². The maximum atomic E-state index is 13.0. The molecule has 0 bridgehead atoms. The molecule has 1 amide bonds. The van der Waals surface area contributed by atoms with E-state index in [1.165, 1.54) is 24.1 Å². The molecule has 0 aliphatic heterocycles. The average Bonchev–Trinajstić information content (AvgIpc) is 2.69. The van der Waals surface area contributed by atoms with Crippen molar-refractivity contribution >= 4 is 23.3 Å². The first-order chi connectivity index (χ1) is 12.6. The second-order valence-corrected chi connectivity index (χ2v) is 5.51. The number of anilines is 3.